The van der Waals surface area contributed by atoms with E-state index in [0.717, 1.165) is 12.5 Å². The Morgan fingerprint density at radius 2 is 2.00 bits per heavy atom. The van der Waals surface area contributed by atoms with Crippen LogP contribution in [0.5, 0.6) is 0 Å². The van der Waals surface area contributed by atoms with Crippen molar-refractivity contribution in [3.63, 3.8) is 0 Å². The molecule has 0 aromatic carbocycles. The molecule has 1 atom stereocenters. The molecule has 0 aliphatic carbocycles. The van der Waals surface area contributed by atoms with Gasteiger partial charge in [-0.05, 0) is 31.6 Å². The van der Waals surface area contributed by atoms with E-state index in [-0.39, 0.29) is 0 Å². The molecule has 0 saturated carbocycles. The first-order valence-corrected chi connectivity index (χ1v) is 7.39. The van der Waals surface area contributed by atoms with Crippen molar-refractivity contribution >= 4 is 11.8 Å². The highest BCUT2D eigenvalue weighted by Crippen LogP contribution is 2.09. The third-order valence-corrected chi connectivity index (χ3v) is 4.26. The normalized spacial score (nSPS) is 21.6. The van der Waals surface area contributed by atoms with Gasteiger partial charge in [0.1, 0.15) is 0 Å². The van der Waals surface area contributed by atoms with Gasteiger partial charge >= 0.3 is 0 Å². The summed E-state index contributed by atoms with van der Waals surface area (Å²) in [6.07, 6.45) is 1.37. The average Bonchev–Trinajstić information content (AvgIpc) is 2.46. The van der Waals surface area contributed by atoms with E-state index in [4.69, 9.17) is 0 Å². The van der Waals surface area contributed by atoms with Crippen LogP contribution in [0.15, 0.2) is 0 Å². The third-order valence-electron chi connectivity index (χ3n) is 3.21. The highest BCUT2D eigenvalue weighted by molar-refractivity contribution is 7.99. The van der Waals surface area contributed by atoms with E-state index < -0.39 is 0 Å². The van der Waals surface area contributed by atoms with E-state index >= 15 is 0 Å². The largest absolute Gasteiger partial charge is 0.313 e. The Labute approximate surface area is 99.2 Å². The Morgan fingerprint density at radius 3 is 2.73 bits per heavy atom. The van der Waals surface area contributed by atoms with E-state index in [1.165, 1.54) is 37.6 Å². The van der Waals surface area contributed by atoms with Gasteiger partial charge in [-0.3, -0.25) is 0 Å². The van der Waals surface area contributed by atoms with Crippen molar-refractivity contribution in [3.05, 3.63) is 0 Å². The summed E-state index contributed by atoms with van der Waals surface area (Å²) in [4.78, 5) is 2.60. The Balaban J connectivity index is 2.07. The van der Waals surface area contributed by atoms with Crippen molar-refractivity contribution in [2.75, 3.05) is 37.7 Å². The van der Waals surface area contributed by atoms with Crippen LogP contribution in [0, 0.1) is 5.92 Å². The van der Waals surface area contributed by atoms with Gasteiger partial charge in [0.05, 0.1) is 0 Å². The highest BCUT2D eigenvalue weighted by atomic mass is 32.2. The molecule has 0 spiro atoms. The van der Waals surface area contributed by atoms with Crippen LogP contribution in [-0.2, 0) is 0 Å². The lowest BCUT2D eigenvalue weighted by Gasteiger charge is -2.22. The molecule has 2 nitrogen and oxygen atoms in total. The summed E-state index contributed by atoms with van der Waals surface area (Å²) in [6, 6.07) is 0.645. The second-order valence-corrected chi connectivity index (χ2v) is 6.02. The van der Waals surface area contributed by atoms with Gasteiger partial charge in [-0.15, -0.1) is 0 Å². The molecule has 0 amide bonds. The molecule has 0 aromatic rings. The average molecular weight is 230 g/mol. The summed E-state index contributed by atoms with van der Waals surface area (Å²) in [6.45, 7) is 11.8. The van der Waals surface area contributed by atoms with Crippen LogP contribution in [0.25, 0.3) is 0 Å². The molecule has 0 aromatic heterocycles. The molecule has 1 aliphatic rings. The molecule has 1 N–H and O–H groups in total. The molecule has 1 rings (SSSR count). The molecule has 1 saturated heterocycles. The van der Waals surface area contributed by atoms with Crippen LogP contribution in [-0.4, -0.2) is 48.6 Å². The molecule has 0 radical (unpaired) electrons. The number of rotatable bonds is 5. The summed E-state index contributed by atoms with van der Waals surface area (Å²) >= 11 is 2.10. The Bertz CT molecular complexity index is 154. The molecule has 1 aliphatic heterocycles. The van der Waals surface area contributed by atoms with Gasteiger partial charge in [0, 0.05) is 31.4 Å². The molecule has 0 bridgehead atoms. The van der Waals surface area contributed by atoms with Gasteiger partial charge in [-0.2, -0.15) is 11.8 Å². The predicted octanol–water partition coefficient (Wildman–Crippen LogP) is 2.06. The number of nitrogens with one attached hydrogen (secondary N) is 1. The standard InChI is InChI=1S/C12H26N2S/c1-11(2)12(3)13-5-7-14-6-4-9-15-10-8-14/h11-13H,4-10H2,1-3H3. The fourth-order valence-corrected chi connectivity index (χ4v) is 2.63. The van der Waals surface area contributed by atoms with Crippen LogP contribution in [0.3, 0.4) is 0 Å². The first-order valence-electron chi connectivity index (χ1n) is 6.23. The Morgan fingerprint density at radius 1 is 1.20 bits per heavy atom. The maximum Gasteiger partial charge on any atom is 0.0107 e. The Hall–Kier alpha value is 0.270. The van der Waals surface area contributed by atoms with Crippen LogP contribution in [0.2, 0.25) is 0 Å². The second kappa shape index (κ2) is 7.53. The summed E-state index contributed by atoms with van der Waals surface area (Å²) in [5.41, 5.74) is 0. The molecular weight excluding hydrogens is 204 g/mol. The first-order chi connectivity index (χ1) is 7.20. The van der Waals surface area contributed by atoms with Gasteiger partial charge < -0.3 is 10.2 Å². The van der Waals surface area contributed by atoms with E-state index in [1.807, 2.05) is 0 Å². The van der Waals surface area contributed by atoms with Crippen molar-refractivity contribution in [2.45, 2.75) is 33.2 Å². The van der Waals surface area contributed by atoms with Gasteiger partial charge in [0.2, 0.25) is 0 Å². The zero-order valence-corrected chi connectivity index (χ0v) is 11.3. The van der Waals surface area contributed by atoms with Gasteiger partial charge in [0.15, 0.2) is 0 Å². The quantitative estimate of drug-likeness (QED) is 0.778. The maximum atomic E-state index is 3.60. The summed E-state index contributed by atoms with van der Waals surface area (Å²) in [7, 11) is 0. The van der Waals surface area contributed by atoms with Crippen LogP contribution < -0.4 is 5.32 Å². The minimum atomic E-state index is 0.645. The molecule has 15 heavy (non-hydrogen) atoms. The van der Waals surface area contributed by atoms with Crippen molar-refractivity contribution in [3.8, 4) is 0 Å². The van der Waals surface area contributed by atoms with Crippen molar-refractivity contribution in [2.24, 2.45) is 5.92 Å². The molecule has 90 valence electrons. The van der Waals surface area contributed by atoms with Crippen molar-refractivity contribution in [1.82, 2.24) is 10.2 Å². The highest BCUT2D eigenvalue weighted by Gasteiger charge is 2.10. The van der Waals surface area contributed by atoms with Crippen molar-refractivity contribution < 1.29 is 0 Å². The maximum absolute atomic E-state index is 3.60. The van der Waals surface area contributed by atoms with E-state index in [2.05, 4.69) is 42.7 Å². The summed E-state index contributed by atoms with van der Waals surface area (Å²) in [5, 5.41) is 3.60. The fraction of sp³-hybridized carbons (Fsp3) is 1.00. The number of nitrogens with zero attached hydrogens (tertiary/aromatic N) is 1. The zero-order valence-electron chi connectivity index (χ0n) is 10.5. The van der Waals surface area contributed by atoms with Crippen LogP contribution >= 0.6 is 11.8 Å². The lowest BCUT2D eigenvalue weighted by molar-refractivity contribution is 0.283. The Kier molecular flexibility index (Phi) is 6.69. The van der Waals surface area contributed by atoms with E-state index in [1.54, 1.807) is 0 Å². The minimum absolute atomic E-state index is 0.645. The number of hydrogen-bond donors (Lipinski definition) is 1. The molecule has 1 unspecified atom stereocenters. The third kappa shape index (κ3) is 5.79. The van der Waals surface area contributed by atoms with Gasteiger partial charge in [-0.1, -0.05) is 13.8 Å². The smallest absolute Gasteiger partial charge is 0.0107 e. The number of thioether (sulfide) groups is 1. The lowest BCUT2D eigenvalue weighted by atomic mass is 10.1. The molecular formula is C12H26N2S. The van der Waals surface area contributed by atoms with Gasteiger partial charge in [-0.25, -0.2) is 0 Å². The molecule has 1 heterocycles. The monoisotopic (exact) mass is 230 g/mol. The topological polar surface area (TPSA) is 15.3 Å². The first kappa shape index (κ1) is 13.3. The summed E-state index contributed by atoms with van der Waals surface area (Å²) in [5.74, 6) is 3.41. The molecule has 1 fully saturated rings. The van der Waals surface area contributed by atoms with Crippen molar-refractivity contribution in [1.29, 1.82) is 0 Å². The van der Waals surface area contributed by atoms with E-state index in [9.17, 15) is 0 Å². The second-order valence-electron chi connectivity index (χ2n) is 4.79. The fourth-order valence-electron chi connectivity index (χ4n) is 1.71. The van der Waals surface area contributed by atoms with Crippen LogP contribution in [0.4, 0.5) is 0 Å². The minimum Gasteiger partial charge on any atom is -0.313 e. The summed E-state index contributed by atoms with van der Waals surface area (Å²) < 4.78 is 0. The number of hydrogen-bond acceptors (Lipinski definition) is 3. The lowest BCUT2D eigenvalue weighted by Crippen LogP contribution is -2.38. The predicted molar refractivity (Wildman–Crippen MR) is 70.7 cm³/mol. The van der Waals surface area contributed by atoms with E-state index in [0.29, 0.717) is 6.04 Å². The zero-order chi connectivity index (χ0) is 11.1. The van der Waals surface area contributed by atoms with Gasteiger partial charge in [0.25, 0.3) is 0 Å². The van der Waals surface area contributed by atoms with Crippen LogP contribution in [0.1, 0.15) is 27.2 Å². The molecule has 3 heteroatoms. The SMILES string of the molecule is CC(C)C(C)NCCN1CCCSCC1.